The van der Waals surface area contributed by atoms with Gasteiger partial charge in [-0.2, -0.15) is 0 Å². The van der Waals surface area contributed by atoms with Crippen molar-refractivity contribution in [3.63, 3.8) is 0 Å². The molecule has 0 aliphatic carbocycles. The molecule has 1 amide bonds. The molecule has 0 bridgehead atoms. The molecule has 0 radical (unpaired) electrons. The molecule has 1 saturated heterocycles. The molecule has 1 aliphatic heterocycles. The van der Waals surface area contributed by atoms with Crippen molar-refractivity contribution in [3.05, 3.63) is 29.3 Å². The van der Waals surface area contributed by atoms with Gasteiger partial charge in [-0.25, -0.2) is 4.99 Å². The molecular formula is C21H34N4O3. The Morgan fingerprint density at radius 2 is 2.11 bits per heavy atom. The minimum Gasteiger partial charge on any atom is -0.488 e. The standard InChI is InChI=1S/C21H34N4O3/c1-6-22-20(24-13-19(26)25-21(3,4)5)23-12-16-8-7-15(2)11-18(16)28-17-9-10-27-14-17/h7-8,11,17H,6,9-10,12-14H2,1-5H3,(H,25,26)(H2,22,23,24). The third-order valence-corrected chi connectivity index (χ3v) is 4.09. The lowest BCUT2D eigenvalue weighted by Crippen LogP contribution is -2.48. The van der Waals surface area contributed by atoms with E-state index < -0.39 is 0 Å². The van der Waals surface area contributed by atoms with Crippen LogP contribution in [0.3, 0.4) is 0 Å². The molecule has 1 fully saturated rings. The Morgan fingerprint density at radius 1 is 1.32 bits per heavy atom. The summed E-state index contributed by atoms with van der Waals surface area (Å²) in [6, 6.07) is 6.14. The zero-order valence-electron chi connectivity index (χ0n) is 17.7. The Balaban J connectivity index is 2.02. The van der Waals surface area contributed by atoms with Crippen molar-refractivity contribution in [3.8, 4) is 5.75 Å². The number of nitrogens with zero attached hydrogens (tertiary/aromatic N) is 1. The Kier molecular flexibility index (Phi) is 8.11. The molecule has 1 unspecified atom stereocenters. The molecule has 156 valence electrons. The van der Waals surface area contributed by atoms with Crippen molar-refractivity contribution in [2.45, 2.75) is 59.2 Å². The SMILES string of the molecule is CCNC(=NCc1ccc(C)cc1OC1CCOC1)NCC(=O)NC(C)(C)C. The van der Waals surface area contributed by atoms with Crippen LogP contribution < -0.4 is 20.7 Å². The Labute approximate surface area is 168 Å². The maximum atomic E-state index is 12.0. The minimum atomic E-state index is -0.258. The van der Waals surface area contributed by atoms with Gasteiger partial charge in [0.05, 0.1) is 26.3 Å². The van der Waals surface area contributed by atoms with Gasteiger partial charge in [0.1, 0.15) is 11.9 Å². The largest absolute Gasteiger partial charge is 0.488 e. The van der Waals surface area contributed by atoms with E-state index in [-0.39, 0.29) is 24.1 Å². The van der Waals surface area contributed by atoms with Crippen LogP contribution in [0.2, 0.25) is 0 Å². The number of nitrogens with one attached hydrogen (secondary N) is 3. The molecule has 1 heterocycles. The zero-order valence-corrected chi connectivity index (χ0v) is 17.7. The third kappa shape index (κ3) is 7.76. The molecule has 1 atom stereocenters. The van der Waals surface area contributed by atoms with Gasteiger partial charge in [0.15, 0.2) is 5.96 Å². The summed E-state index contributed by atoms with van der Waals surface area (Å²) in [5, 5.41) is 9.19. The summed E-state index contributed by atoms with van der Waals surface area (Å²) in [4.78, 5) is 16.7. The van der Waals surface area contributed by atoms with Crippen LogP contribution in [-0.2, 0) is 16.1 Å². The second-order valence-electron chi connectivity index (χ2n) is 8.06. The molecular weight excluding hydrogens is 356 g/mol. The number of hydrogen-bond donors (Lipinski definition) is 3. The molecule has 7 heteroatoms. The van der Waals surface area contributed by atoms with E-state index in [1.165, 1.54) is 0 Å². The van der Waals surface area contributed by atoms with Crippen LogP contribution >= 0.6 is 0 Å². The molecule has 0 saturated carbocycles. The number of carbonyl (C=O) groups is 1. The first-order valence-electron chi connectivity index (χ1n) is 9.94. The number of aryl methyl sites for hydroxylation is 1. The summed E-state index contributed by atoms with van der Waals surface area (Å²) in [5.41, 5.74) is 1.89. The molecule has 1 aliphatic rings. The normalized spacial score (nSPS) is 17.3. The van der Waals surface area contributed by atoms with E-state index in [4.69, 9.17) is 9.47 Å². The number of rotatable bonds is 7. The summed E-state index contributed by atoms with van der Waals surface area (Å²) in [6.45, 7) is 12.6. The predicted octanol–water partition coefficient (Wildman–Crippen LogP) is 2.13. The van der Waals surface area contributed by atoms with E-state index in [9.17, 15) is 4.79 Å². The summed E-state index contributed by atoms with van der Waals surface area (Å²) in [5.74, 6) is 1.38. The van der Waals surface area contributed by atoms with E-state index in [1.54, 1.807) is 0 Å². The van der Waals surface area contributed by atoms with Gasteiger partial charge in [0, 0.05) is 24.1 Å². The number of hydrogen-bond acceptors (Lipinski definition) is 4. The third-order valence-electron chi connectivity index (χ3n) is 4.09. The zero-order chi connectivity index (χ0) is 20.6. The summed E-state index contributed by atoms with van der Waals surface area (Å²) < 4.78 is 11.5. The number of benzene rings is 1. The number of ether oxygens (including phenoxy) is 2. The second kappa shape index (κ2) is 10.3. The fourth-order valence-corrected chi connectivity index (χ4v) is 2.82. The predicted molar refractivity (Wildman–Crippen MR) is 112 cm³/mol. The van der Waals surface area contributed by atoms with Gasteiger partial charge in [-0.1, -0.05) is 12.1 Å². The first-order chi connectivity index (χ1) is 13.3. The highest BCUT2D eigenvalue weighted by Crippen LogP contribution is 2.24. The van der Waals surface area contributed by atoms with E-state index in [2.05, 4.69) is 27.0 Å². The van der Waals surface area contributed by atoms with Gasteiger partial charge in [0.2, 0.25) is 5.91 Å². The van der Waals surface area contributed by atoms with Crippen LogP contribution in [0.25, 0.3) is 0 Å². The van der Waals surface area contributed by atoms with Crippen LogP contribution in [0.4, 0.5) is 0 Å². The number of guanidine groups is 1. The van der Waals surface area contributed by atoms with Crippen LogP contribution in [-0.4, -0.2) is 49.8 Å². The fraction of sp³-hybridized carbons (Fsp3) is 0.619. The van der Waals surface area contributed by atoms with Crippen LogP contribution in [0.1, 0.15) is 45.2 Å². The van der Waals surface area contributed by atoms with Crippen LogP contribution in [0, 0.1) is 6.92 Å². The molecule has 2 rings (SSSR count). The quantitative estimate of drug-likeness (QED) is 0.491. The van der Waals surface area contributed by atoms with Crippen molar-refractivity contribution in [2.24, 2.45) is 4.99 Å². The van der Waals surface area contributed by atoms with Crippen molar-refractivity contribution in [2.75, 3.05) is 26.3 Å². The monoisotopic (exact) mass is 390 g/mol. The maximum Gasteiger partial charge on any atom is 0.239 e. The van der Waals surface area contributed by atoms with Crippen molar-refractivity contribution < 1.29 is 14.3 Å². The molecule has 1 aromatic carbocycles. The Hall–Kier alpha value is -2.28. The molecule has 0 aromatic heterocycles. The van der Waals surface area contributed by atoms with Crippen LogP contribution in [0.5, 0.6) is 5.75 Å². The highest BCUT2D eigenvalue weighted by atomic mass is 16.5. The summed E-state index contributed by atoms with van der Waals surface area (Å²) in [7, 11) is 0. The second-order valence-corrected chi connectivity index (χ2v) is 8.06. The molecule has 1 aromatic rings. The van der Waals surface area contributed by atoms with E-state index >= 15 is 0 Å². The van der Waals surface area contributed by atoms with Gasteiger partial charge >= 0.3 is 0 Å². The topological polar surface area (TPSA) is 84.0 Å². The number of carbonyl (C=O) groups excluding carboxylic acids is 1. The first-order valence-corrected chi connectivity index (χ1v) is 9.94. The smallest absolute Gasteiger partial charge is 0.239 e. The molecule has 0 spiro atoms. The van der Waals surface area contributed by atoms with E-state index in [0.717, 1.165) is 29.9 Å². The Bertz CT molecular complexity index is 677. The first kappa shape index (κ1) is 22.0. The number of aliphatic imine (C=N–C) groups is 1. The summed E-state index contributed by atoms with van der Waals surface area (Å²) >= 11 is 0. The minimum absolute atomic E-state index is 0.0707. The van der Waals surface area contributed by atoms with Crippen molar-refractivity contribution in [1.29, 1.82) is 0 Å². The Morgan fingerprint density at radius 3 is 2.75 bits per heavy atom. The maximum absolute atomic E-state index is 12.0. The van der Waals surface area contributed by atoms with Crippen molar-refractivity contribution >= 4 is 11.9 Å². The van der Waals surface area contributed by atoms with E-state index in [0.29, 0.717) is 25.7 Å². The van der Waals surface area contributed by atoms with Crippen molar-refractivity contribution in [1.82, 2.24) is 16.0 Å². The van der Waals surface area contributed by atoms with E-state index in [1.807, 2.05) is 46.8 Å². The van der Waals surface area contributed by atoms with Gasteiger partial charge in [-0.3, -0.25) is 4.79 Å². The van der Waals surface area contributed by atoms with Crippen LogP contribution in [0.15, 0.2) is 23.2 Å². The highest BCUT2D eigenvalue weighted by molar-refractivity contribution is 5.86. The summed E-state index contributed by atoms with van der Waals surface area (Å²) in [6.07, 6.45) is 1.00. The van der Waals surface area contributed by atoms with Gasteiger partial charge < -0.3 is 25.4 Å². The lowest BCUT2D eigenvalue weighted by atomic mass is 10.1. The van der Waals surface area contributed by atoms with Gasteiger partial charge in [-0.15, -0.1) is 0 Å². The highest BCUT2D eigenvalue weighted by Gasteiger charge is 2.19. The molecule has 7 nitrogen and oxygen atoms in total. The lowest BCUT2D eigenvalue weighted by molar-refractivity contribution is -0.121. The number of amides is 1. The van der Waals surface area contributed by atoms with Gasteiger partial charge in [-0.05, 0) is 46.2 Å². The van der Waals surface area contributed by atoms with Gasteiger partial charge in [0.25, 0.3) is 0 Å². The fourth-order valence-electron chi connectivity index (χ4n) is 2.82. The molecule has 3 N–H and O–H groups in total. The molecule has 28 heavy (non-hydrogen) atoms. The average Bonchev–Trinajstić information content (AvgIpc) is 3.10. The lowest BCUT2D eigenvalue weighted by Gasteiger charge is -2.21. The average molecular weight is 391 g/mol.